The van der Waals surface area contributed by atoms with Crippen molar-refractivity contribution in [3.8, 4) is 0 Å². The number of benzene rings is 1. The monoisotopic (exact) mass is 321 g/mol. The van der Waals surface area contributed by atoms with Crippen molar-refractivity contribution in [1.82, 2.24) is 9.55 Å². The van der Waals surface area contributed by atoms with Gasteiger partial charge in [0.25, 0.3) is 0 Å². The van der Waals surface area contributed by atoms with Crippen molar-refractivity contribution in [2.24, 2.45) is 5.92 Å². The highest BCUT2D eigenvalue weighted by atomic mass is 79.9. The minimum Gasteiger partial charge on any atom is -0.349 e. The van der Waals surface area contributed by atoms with Crippen LogP contribution < -0.4 is 5.32 Å². The first-order chi connectivity index (χ1) is 9.06. The topological polar surface area (TPSA) is 29.9 Å². The lowest BCUT2D eigenvalue weighted by atomic mass is 10.1. The van der Waals surface area contributed by atoms with Crippen LogP contribution in [0.2, 0.25) is 0 Å². The van der Waals surface area contributed by atoms with E-state index in [1.807, 2.05) is 12.4 Å². The molecule has 1 unspecified atom stereocenters. The summed E-state index contributed by atoms with van der Waals surface area (Å²) < 4.78 is 3.27. The Morgan fingerprint density at radius 1 is 1.21 bits per heavy atom. The third-order valence-corrected chi connectivity index (χ3v) is 3.52. The summed E-state index contributed by atoms with van der Waals surface area (Å²) in [4.78, 5) is 4.39. The molecule has 0 aliphatic carbocycles. The molecule has 2 rings (SSSR count). The van der Waals surface area contributed by atoms with Gasteiger partial charge in [0.05, 0.1) is 6.04 Å². The summed E-state index contributed by atoms with van der Waals surface area (Å²) in [5.41, 5.74) is 1.25. The molecule has 0 radical (unpaired) electrons. The fourth-order valence-electron chi connectivity index (χ4n) is 2.02. The minimum atomic E-state index is 0.237. The molecule has 1 aromatic carbocycles. The molecule has 0 amide bonds. The molecule has 0 saturated heterocycles. The maximum Gasteiger partial charge on any atom is 0.203 e. The van der Waals surface area contributed by atoms with Gasteiger partial charge in [-0.1, -0.05) is 41.9 Å². The molecule has 1 N–H and O–H groups in total. The van der Waals surface area contributed by atoms with Crippen molar-refractivity contribution in [3.63, 3.8) is 0 Å². The molecule has 1 aromatic heterocycles. The van der Waals surface area contributed by atoms with Gasteiger partial charge in [0, 0.05) is 23.4 Å². The van der Waals surface area contributed by atoms with E-state index >= 15 is 0 Å². The van der Waals surface area contributed by atoms with E-state index in [-0.39, 0.29) is 6.04 Å². The smallest absolute Gasteiger partial charge is 0.203 e. The molecule has 3 nitrogen and oxygen atoms in total. The number of aromatic nitrogens is 2. The summed E-state index contributed by atoms with van der Waals surface area (Å²) >= 11 is 3.46. The van der Waals surface area contributed by atoms with E-state index in [2.05, 4.69) is 75.8 Å². The van der Waals surface area contributed by atoms with Gasteiger partial charge in [0.2, 0.25) is 5.95 Å². The average Bonchev–Trinajstić information content (AvgIpc) is 2.76. The van der Waals surface area contributed by atoms with E-state index in [1.165, 1.54) is 5.56 Å². The van der Waals surface area contributed by atoms with Gasteiger partial charge in [-0.2, -0.15) is 0 Å². The molecule has 0 saturated carbocycles. The lowest BCUT2D eigenvalue weighted by molar-refractivity contribution is 0.524. The first kappa shape index (κ1) is 14.1. The molecule has 0 aliphatic rings. The van der Waals surface area contributed by atoms with Crippen molar-refractivity contribution in [3.05, 3.63) is 46.7 Å². The number of hydrogen-bond donors (Lipinski definition) is 1. The Labute approximate surface area is 123 Å². The second-order valence-electron chi connectivity index (χ2n) is 5.21. The zero-order chi connectivity index (χ0) is 13.8. The van der Waals surface area contributed by atoms with E-state index < -0.39 is 0 Å². The number of anilines is 1. The maximum atomic E-state index is 4.39. The molecule has 19 heavy (non-hydrogen) atoms. The number of nitrogens with zero attached hydrogens (tertiary/aromatic N) is 2. The summed E-state index contributed by atoms with van der Waals surface area (Å²) in [7, 11) is 0. The molecule has 0 aliphatic heterocycles. The predicted molar refractivity (Wildman–Crippen MR) is 83.2 cm³/mol. The molecule has 4 heteroatoms. The highest BCUT2D eigenvalue weighted by Crippen LogP contribution is 2.20. The van der Waals surface area contributed by atoms with E-state index in [1.54, 1.807) is 0 Å². The average molecular weight is 322 g/mol. The van der Waals surface area contributed by atoms with Crippen LogP contribution in [-0.2, 0) is 6.54 Å². The second kappa shape index (κ2) is 6.24. The number of hydrogen-bond acceptors (Lipinski definition) is 2. The van der Waals surface area contributed by atoms with Crippen LogP contribution in [0.25, 0.3) is 0 Å². The number of nitrogens with one attached hydrogen (secondary N) is 1. The molecule has 1 atom stereocenters. The lowest BCUT2D eigenvalue weighted by Gasteiger charge is -2.17. The van der Waals surface area contributed by atoms with Crippen LogP contribution in [0, 0.1) is 5.92 Å². The van der Waals surface area contributed by atoms with Gasteiger partial charge < -0.3 is 9.88 Å². The fraction of sp³-hybridized carbons (Fsp3) is 0.400. The highest BCUT2D eigenvalue weighted by Gasteiger charge is 2.09. The standard InChI is InChI=1S/C15H20BrN3/c1-11(2)10-19-9-8-17-15(19)18-12(3)13-4-6-14(16)7-5-13/h4-9,11-12H,10H2,1-3H3,(H,17,18). The first-order valence-corrected chi connectivity index (χ1v) is 7.38. The lowest BCUT2D eigenvalue weighted by Crippen LogP contribution is -2.13. The van der Waals surface area contributed by atoms with Gasteiger partial charge >= 0.3 is 0 Å². The Hall–Kier alpha value is -1.29. The van der Waals surface area contributed by atoms with Crippen molar-refractivity contribution >= 4 is 21.9 Å². The quantitative estimate of drug-likeness (QED) is 0.880. The molecule has 0 bridgehead atoms. The molecule has 1 heterocycles. The van der Waals surface area contributed by atoms with Gasteiger partial charge in [-0.25, -0.2) is 4.98 Å². The number of halogens is 1. The Balaban J connectivity index is 2.08. The van der Waals surface area contributed by atoms with Gasteiger partial charge in [-0.3, -0.25) is 0 Å². The van der Waals surface area contributed by atoms with Crippen LogP contribution in [-0.4, -0.2) is 9.55 Å². The summed E-state index contributed by atoms with van der Waals surface area (Å²) in [6, 6.07) is 8.61. The first-order valence-electron chi connectivity index (χ1n) is 6.59. The van der Waals surface area contributed by atoms with Crippen LogP contribution in [0.15, 0.2) is 41.1 Å². The summed E-state index contributed by atoms with van der Waals surface area (Å²) in [5, 5.41) is 3.47. The summed E-state index contributed by atoms with van der Waals surface area (Å²) in [5.74, 6) is 1.54. The van der Waals surface area contributed by atoms with Crippen molar-refractivity contribution in [2.75, 3.05) is 5.32 Å². The minimum absolute atomic E-state index is 0.237. The van der Waals surface area contributed by atoms with Crippen LogP contribution in [0.1, 0.15) is 32.4 Å². The third-order valence-electron chi connectivity index (χ3n) is 2.99. The summed E-state index contributed by atoms with van der Waals surface area (Å²) in [6.45, 7) is 7.55. The Morgan fingerprint density at radius 2 is 1.89 bits per heavy atom. The second-order valence-corrected chi connectivity index (χ2v) is 6.13. The van der Waals surface area contributed by atoms with Crippen LogP contribution in [0.3, 0.4) is 0 Å². The molecular weight excluding hydrogens is 302 g/mol. The van der Waals surface area contributed by atoms with E-state index in [9.17, 15) is 0 Å². The Kier molecular flexibility index (Phi) is 4.64. The van der Waals surface area contributed by atoms with E-state index in [0.29, 0.717) is 5.92 Å². The largest absolute Gasteiger partial charge is 0.349 e. The summed E-state index contributed by atoms with van der Waals surface area (Å²) in [6.07, 6.45) is 3.87. The Bertz CT molecular complexity index is 516. The van der Waals surface area contributed by atoms with Gasteiger partial charge in [0.15, 0.2) is 0 Å². The molecule has 0 spiro atoms. The van der Waals surface area contributed by atoms with Crippen molar-refractivity contribution < 1.29 is 0 Å². The zero-order valence-corrected chi connectivity index (χ0v) is 13.2. The molecular formula is C15H20BrN3. The highest BCUT2D eigenvalue weighted by molar-refractivity contribution is 9.10. The Morgan fingerprint density at radius 3 is 2.53 bits per heavy atom. The van der Waals surface area contributed by atoms with Crippen molar-refractivity contribution in [1.29, 1.82) is 0 Å². The van der Waals surface area contributed by atoms with Crippen LogP contribution in [0.5, 0.6) is 0 Å². The van der Waals surface area contributed by atoms with Gasteiger partial charge in [-0.05, 0) is 30.5 Å². The molecule has 0 fully saturated rings. The SMILES string of the molecule is CC(C)Cn1ccnc1NC(C)c1ccc(Br)cc1. The fourth-order valence-corrected chi connectivity index (χ4v) is 2.28. The number of rotatable bonds is 5. The zero-order valence-electron chi connectivity index (χ0n) is 11.6. The van der Waals surface area contributed by atoms with E-state index in [0.717, 1.165) is 17.0 Å². The van der Waals surface area contributed by atoms with Gasteiger partial charge in [-0.15, -0.1) is 0 Å². The third kappa shape index (κ3) is 3.83. The maximum absolute atomic E-state index is 4.39. The number of imidazole rings is 1. The van der Waals surface area contributed by atoms with Crippen LogP contribution in [0.4, 0.5) is 5.95 Å². The van der Waals surface area contributed by atoms with Gasteiger partial charge in [0.1, 0.15) is 0 Å². The molecule has 102 valence electrons. The predicted octanol–water partition coefficient (Wildman–Crippen LogP) is 4.47. The molecule has 2 aromatic rings. The van der Waals surface area contributed by atoms with E-state index in [4.69, 9.17) is 0 Å². The normalized spacial score (nSPS) is 12.7. The van der Waals surface area contributed by atoms with Crippen LogP contribution >= 0.6 is 15.9 Å². The van der Waals surface area contributed by atoms with Crippen molar-refractivity contribution in [2.45, 2.75) is 33.4 Å².